The summed E-state index contributed by atoms with van der Waals surface area (Å²) in [6, 6.07) is 10.1. The Kier molecular flexibility index (Phi) is 4.06. The third-order valence-corrected chi connectivity index (χ3v) is 6.13. The number of methoxy groups -OCH3 is 1. The van der Waals surface area contributed by atoms with Crippen LogP contribution in [0.4, 0.5) is 0 Å². The van der Waals surface area contributed by atoms with Crippen LogP contribution >= 0.6 is 11.7 Å². The Bertz CT molecular complexity index is 1030. The molecule has 1 aromatic heterocycles. The second-order valence-corrected chi connectivity index (χ2v) is 7.91. The van der Waals surface area contributed by atoms with E-state index in [1.807, 2.05) is 18.2 Å². The standard InChI is InChI=1S/C16H15N3O4S2/c1-22-12-5-6-14-10(8-12)7-11(9-23-14)19-25(20,21)15-4-2-3-13-16(15)18-24-17-13/h2-6,8,11,19H,7,9H2,1H3/t11-/m1/s1. The van der Waals surface area contributed by atoms with E-state index >= 15 is 0 Å². The molecule has 1 N–H and O–H groups in total. The molecule has 4 rings (SSSR count). The Hall–Kier alpha value is -2.23. The molecule has 0 unspecified atom stereocenters. The minimum Gasteiger partial charge on any atom is -0.497 e. The van der Waals surface area contributed by atoms with Crippen molar-refractivity contribution in [1.82, 2.24) is 13.5 Å². The van der Waals surface area contributed by atoms with Crippen LogP contribution in [0.2, 0.25) is 0 Å². The molecule has 9 heteroatoms. The highest BCUT2D eigenvalue weighted by molar-refractivity contribution is 7.89. The van der Waals surface area contributed by atoms with Crippen molar-refractivity contribution in [2.24, 2.45) is 0 Å². The number of aromatic nitrogens is 2. The molecule has 1 aliphatic heterocycles. The van der Waals surface area contributed by atoms with E-state index in [4.69, 9.17) is 9.47 Å². The van der Waals surface area contributed by atoms with Gasteiger partial charge in [-0.25, -0.2) is 13.1 Å². The maximum atomic E-state index is 12.8. The zero-order valence-corrected chi connectivity index (χ0v) is 14.9. The third-order valence-electron chi connectivity index (χ3n) is 4.03. The number of fused-ring (bicyclic) bond motifs is 2. The summed E-state index contributed by atoms with van der Waals surface area (Å²) in [5.74, 6) is 1.46. The summed E-state index contributed by atoms with van der Waals surface area (Å²) in [4.78, 5) is 0.134. The SMILES string of the molecule is COc1ccc2c(c1)C[C@@H](NS(=O)(=O)c1cccc3nsnc13)CO2. The van der Waals surface area contributed by atoms with Crippen molar-refractivity contribution in [3.05, 3.63) is 42.0 Å². The van der Waals surface area contributed by atoms with Crippen molar-refractivity contribution in [1.29, 1.82) is 0 Å². The number of benzene rings is 2. The molecule has 7 nitrogen and oxygen atoms in total. The first kappa shape index (κ1) is 16.2. The fourth-order valence-corrected chi connectivity index (χ4v) is 4.84. The van der Waals surface area contributed by atoms with E-state index in [2.05, 4.69) is 13.5 Å². The van der Waals surface area contributed by atoms with E-state index in [1.165, 1.54) is 6.07 Å². The zero-order chi connectivity index (χ0) is 17.4. The van der Waals surface area contributed by atoms with Gasteiger partial charge in [0, 0.05) is 0 Å². The summed E-state index contributed by atoms with van der Waals surface area (Å²) in [6.07, 6.45) is 0.525. The van der Waals surface area contributed by atoms with Gasteiger partial charge in [-0.1, -0.05) is 6.07 Å². The molecule has 0 radical (unpaired) electrons. The van der Waals surface area contributed by atoms with Gasteiger partial charge in [-0.3, -0.25) is 0 Å². The molecule has 0 spiro atoms. The maximum absolute atomic E-state index is 12.8. The van der Waals surface area contributed by atoms with Crippen LogP contribution in [0.5, 0.6) is 11.5 Å². The average molecular weight is 377 g/mol. The number of nitrogens with one attached hydrogen (secondary N) is 1. The van der Waals surface area contributed by atoms with Gasteiger partial charge in [-0.05, 0) is 42.3 Å². The quantitative estimate of drug-likeness (QED) is 0.748. The molecule has 3 aromatic rings. The molecular formula is C16H15N3O4S2. The lowest BCUT2D eigenvalue weighted by Gasteiger charge is -2.26. The zero-order valence-electron chi connectivity index (χ0n) is 13.3. The Morgan fingerprint density at radius 1 is 1.28 bits per heavy atom. The molecule has 0 amide bonds. The van der Waals surface area contributed by atoms with Crippen LogP contribution in [-0.2, 0) is 16.4 Å². The summed E-state index contributed by atoms with van der Waals surface area (Å²) in [7, 11) is -2.14. The van der Waals surface area contributed by atoms with Crippen LogP contribution in [0, 0.1) is 0 Å². The Balaban J connectivity index is 1.60. The molecule has 2 aromatic carbocycles. The van der Waals surface area contributed by atoms with Crippen molar-refractivity contribution in [2.45, 2.75) is 17.4 Å². The molecule has 1 atom stereocenters. The Morgan fingerprint density at radius 3 is 3.00 bits per heavy atom. The van der Waals surface area contributed by atoms with E-state index in [1.54, 1.807) is 19.2 Å². The molecular weight excluding hydrogens is 362 g/mol. The van der Waals surface area contributed by atoms with Crippen LogP contribution < -0.4 is 14.2 Å². The lowest BCUT2D eigenvalue weighted by molar-refractivity contribution is 0.253. The number of nitrogens with zero attached hydrogens (tertiary/aromatic N) is 2. The number of hydrogen-bond donors (Lipinski definition) is 1. The molecule has 0 saturated carbocycles. The minimum atomic E-state index is -3.73. The van der Waals surface area contributed by atoms with Gasteiger partial charge in [0.25, 0.3) is 0 Å². The predicted octanol–water partition coefficient (Wildman–Crippen LogP) is 1.98. The molecule has 130 valence electrons. The fourth-order valence-electron chi connectivity index (χ4n) is 2.85. The van der Waals surface area contributed by atoms with Gasteiger partial charge in [0.2, 0.25) is 10.0 Å². The van der Waals surface area contributed by atoms with Gasteiger partial charge in [-0.2, -0.15) is 8.75 Å². The summed E-state index contributed by atoms with van der Waals surface area (Å²) in [5.41, 5.74) is 1.87. The molecule has 0 saturated heterocycles. The van der Waals surface area contributed by atoms with Gasteiger partial charge in [0.15, 0.2) is 0 Å². The second-order valence-electron chi connectivity index (χ2n) is 5.70. The number of hydrogen-bond acceptors (Lipinski definition) is 7. The first-order valence-electron chi connectivity index (χ1n) is 7.60. The number of sulfonamides is 1. The van der Waals surface area contributed by atoms with E-state index < -0.39 is 10.0 Å². The predicted molar refractivity (Wildman–Crippen MR) is 93.7 cm³/mol. The summed E-state index contributed by atoms with van der Waals surface area (Å²) >= 11 is 0.993. The second kappa shape index (κ2) is 6.25. The molecule has 25 heavy (non-hydrogen) atoms. The van der Waals surface area contributed by atoms with Crippen molar-refractivity contribution in [2.75, 3.05) is 13.7 Å². The van der Waals surface area contributed by atoms with E-state index in [9.17, 15) is 8.42 Å². The van der Waals surface area contributed by atoms with Crippen LogP contribution in [0.15, 0.2) is 41.3 Å². The van der Waals surface area contributed by atoms with Crippen molar-refractivity contribution >= 4 is 32.8 Å². The molecule has 2 heterocycles. The van der Waals surface area contributed by atoms with Crippen LogP contribution in [0.25, 0.3) is 11.0 Å². The molecule has 0 fully saturated rings. The highest BCUT2D eigenvalue weighted by Crippen LogP contribution is 2.29. The van der Waals surface area contributed by atoms with Gasteiger partial charge in [0.1, 0.15) is 34.0 Å². The summed E-state index contributed by atoms with van der Waals surface area (Å²) < 4.78 is 47.4. The Labute approximate surface area is 149 Å². The van der Waals surface area contributed by atoms with Gasteiger partial charge < -0.3 is 9.47 Å². The van der Waals surface area contributed by atoms with E-state index in [0.29, 0.717) is 23.2 Å². The summed E-state index contributed by atoms with van der Waals surface area (Å²) in [5, 5.41) is 0. The van der Waals surface area contributed by atoms with E-state index in [0.717, 1.165) is 23.0 Å². The first-order chi connectivity index (χ1) is 12.1. The highest BCUT2D eigenvalue weighted by atomic mass is 32.2. The van der Waals surface area contributed by atoms with E-state index in [-0.39, 0.29) is 17.5 Å². The van der Waals surface area contributed by atoms with Crippen LogP contribution in [0.1, 0.15) is 5.56 Å². The largest absolute Gasteiger partial charge is 0.497 e. The van der Waals surface area contributed by atoms with Gasteiger partial charge in [0.05, 0.1) is 24.9 Å². The van der Waals surface area contributed by atoms with Crippen molar-refractivity contribution in [3.63, 3.8) is 0 Å². The smallest absolute Gasteiger partial charge is 0.243 e. The Morgan fingerprint density at radius 2 is 2.16 bits per heavy atom. The highest BCUT2D eigenvalue weighted by Gasteiger charge is 2.27. The summed E-state index contributed by atoms with van der Waals surface area (Å²) in [6.45, 7) is 0.268. The van der Waals surface area contributed by atoms with Crippen LogP contribution in [0.3, 0.4) is 0 Å². The van der Waals surface area contributed by atoms with Crippen molar-refractivity contribution < 1.29 is 17.9 Å². The monoisotopic (exact) mass is 377 g/mol. The minimum absolute atomic E-state index is 0.134. The lowest BCUT2D eigenvalue weighted by atomic mass is 10.0. The third kappa shape index (κ3) is 3.06. The molecule has 1 aliphatic rings. The van der Waals surface area contributed by atoms with Gasteiger partial charge in [-0.15, -0.1) is 0 Å². The van der Waals surface area contributed by atoms with Gasteiger partial charge >= 0.3 is 0 Å². The lowest BCUT2D eigenvalue weighted by Crippen LogP contribution is -2.42. The van der Waals surface area contributed by atoms with Crippen LogP contribution in [-0.4, -0.2) is 36.9 Å². The fraction of sp³-hybridized carbons (Fsp3) is 0.250. The topological polar surface area (TPSA) is 90.4 Å². The average Bonchev–Trinajstić information content (AvgIpc) is 3.09. The molecule has 0 bridgehead atoms. The molecule has 0 aliphatic carbocycles. The maximum Gasteiger partial charge on any atom is 0.243 e. The van der Waals surface area contributed by atoms with Crippen molar-refractivity contribution in [3.8, 4) is 11.5 Å². The first-order valence-corrected chi connectivity index (χ1v) is 9.81. The number of rotatable bonds is 4. The normalized spacial score (nSPS) is 17.1. The number of ether oxygens (including phenoxy) is 2.